The maximum atomic E-state index is 11.9. The van der Waals surface area contributed by atoms with Crippen LogP contribution in [0.2, 0.25) is 0 Å². The minimum absolute atomic E-state index is 0.158. The molecule has 0 atom stereocenters. The Bertz CT molecular complexity index is 292. The molecule has 4 nitrogen and oxygen atoms in total. The van der Waals surface area contributed by atoms with Gasteiger partial charge in [0.2, 0.25) is 5.91 Å². The van der Waals surface area contributed by atoms with Gasteiger partial charge >= 0.3 is 0 Å². The van der Waals surface area contributed by atoms with E-state index in [-0.39, 0.29) is 23.3 Å². The van der Waals surface area contributed by atoms with E-state index in [1.165, 1.54) is 0 Å². The second-order valence-electron chi connectivity index (χ2n) is 6.52. The molecule has 0 aromatic heterocycles. The molecule has 2 rings (SSSR count). The third-order valence-corrected chi connectivity index (χ3v) is 4.59. The van der Waals surface area contributed by atoms with Crippen LogP contribution in [-0.4, -0.2) is 31.7 Å². The number of nitrogens with two attached hydrogens (primary N) is 1. The van der Waals surface area contributed by atoms with E-state index in [2.05, 4.69) is 19.2 Å². The predicted octanol–water partition coefficient (Wildman–Crippen LogP) is 1.29. The lowest BCUT2D eigenvalue weighted by molar-refractivity contribution is -0.128. The summed E-state index contributed by atoms with van der Waals surface area (Å²) in [5, 5.41) is 3.11. The second kappa shape index (κ2) is 5.57. The smallest absolute Gasteiger partial charge is 0.223 e. The topological polar surface area (TPSA) is 64.4 Å². The molecule has 0 radical (unpaired) electrons. The van der Waals surface area contributed by atoms with Gasteiger partial charge in [-0.05, 0) is 37.0 Å². The normalized spacial score (nSPS) is 29.7. The van der Waals surface area contributed by atoms with E-state index in [4.69, 9.17) is 10.5 Å². The largest absolute Gasteiger partial charge is 0.381 e. The van der Waals surface area contributed by atoms with Crippen LogP contribution >= 0.6 is 0 Å². The molecule has 4 heteroatoms. The van der Waals surface area contributed by atoms with Gasteiger partial charge < -0.3 is 15.8 Å². The highest BCUT2D eigenvalue weighted by atomic mass is 16.5. The lowest BCUT2D eigenvalue weighted by Crippen LogP contribution is -2.48. The van der Waals surface area contributed by atoms with Crippen molar-refractivity contribution in [3.05, 3.63) is 0 Å². The lowest BCUT2D eigenvalue weighted by atomic mass is 9.74. The van der Waals surface area contributed by atoms with Crippen LogP contribution in [0.25, 0.3) is 0 Å². The Morgan fingerprint density at radius 1 is 1.33 bits per heavy atom. The molecule has 0 spiro atoms. The predicted molar refractivity (Wildman–Crippen MR) is 71.0 cm³/mol. The van der Waals surface area contributed by atoms with Gasteiger partial charge in [-0.1, -0.05) is 13.8 Å². The molecule has 0 bridgehead atoms. The van der Waals surface area contributed by atoms with Crippen LogP contribution in [0.1, 0.15) is 39.5 Å². The molecule has 1 amide bonds. The van der Waals surface area contributed by atoms with Gasteiger partial charge in [0, 0.05) is 31.7 Å². The monoisotopic (exact) mass is 254 g/mol. The van der Waals surface area contributed by atoms with Crippen molar-refractivity contribution in [2.24, 2.45) is 23.0 Å². The molecular formula is C14H26N2O2. The highest BCUT2D eigenvalue weighted by Gasteiger charge is 2.35. The Hall–Kier alpha value is -0.610. The number of carbonyl (C=O) groups is 1. The summed E-state index contributed by atoms with van der Waals surface area (Å²) in [5.74, 6) is 0.998. The number of nitrogens with one attached hydrogen (secondary N) is 1. The fraction of sp³-hybridized carbons (Fsp3) is 0.929. The molecule has 1 aliphatic carbocycles. The molecule has 1 heterocycles. The quantitative estimate of drug-likeness (QED) is 0.794. The summed E-state index contributed by atoms with van der Waals surface area (Å²) in [5.41, 5.74) is 5.87. The number of rotatable bonds is 4. The van der Waals surface area contributed by atoms with Crippen LogP contribution < -0.4 is 11.1 Å². The van der Waals surface area contributed by atoms with Crippen LogP contribution in [0.3, 0.4) is 0 Å². The third-order valence-electron chi connectivity index (χ3n) is 4.59. The fourth-order valence-electron chi connectivity index (χ4n) is 2.96. The van der Waals surface area contributed by atoms with Gasteiger partial charge in [-0.25, -0.2) is 0 Å². The van der Waals surface area contributed by atoms with E-state index < -0.39 is 0 Å². The second-order valence-corrected chi connectivity index (χ2v) is 6.52. The van der Waals surface area contributed by atoms with Gasteiger partial charge in [-0.2, -0.15) is 0 Å². The molecule has 0 aromatic carbocycles. The van der Waals surface area contributed by atoms with Gasteiger partial charge in [-0.3, -0.25) is 4.79 Å². The summed E-state index contributed by atoms with van der Waals surface area (Å²) >= 11 is 0. The van der Waals surface area contributed by atoms with E-state index >= 15 is 0 Å². The zero-order valence-electron chi connectivity index (χ0n) is 11.6. The molecular weight excluding hydrogens is 228 g/mol. The molecule has 2 fully saturated rings. The van der Waals surface area contributed by atoms with Crippen LogP contribution in [0.4, 0.5) is 0 Å². The summed E-state index contributed by atoms with van der Waals surface area (Å²) in [6.07, 6.45) is 3.92. The Kier molecular flexibility index (Phi) is 4.28. The standard InChI is InChI=1S/C14H26N2O2/c1-14(2,11-3-5-18-6-4-11)9-16-13(17)10-7-12(15)8-10/h10-12H,3-9,15H2,1-2H3,(H,16,17). The van der Waals surface area contributed by atoms with E-state index in [0.29, 0.717) is 5.92 Å². The molecule has 1 aliphatic heterocycles. The number of carbonyl (C=O) groups excluding carboxylic acids is 1. The average molecular weight is 254 g/mol. The maximum absolute atomic E-state index is 11.9. The first-order valence-corrected chi connectivity index (χ1v) is 7.10. The first-order valence-electron chi connectivity index (χ1n) is 7.10. The summed E-state index contributed by atoms with van der Waals surface area (Å²) in [7, 11) is 0. The number of hydrogen-bond donors (Lipinski definition) is 2. The zero-order chi connectivity index (χ0) is 13.2. The minimum Gasteiger partial charge on any atom is -0.381 e. The summed E-state index contributed by atoms with van der Waals surface area (Å²) < 4.78 is 5.40. The molecule has 1 saturated heterocycles. The van der Waals surface area contributed by atoms with Gasteiger partial charge in [0.05, 0.1) is 0 Å². The summed E-state index contributed by atoms with van der Waals surface area (Å²) in [6.45, 7) is 6.98. The number of ether oxygens (including phenoxy) is 1. The van der Waals surface area contributed by atoms with Crippen molar-refractivity contribution >= 4 is 5.91 Å². The Morgan fingerprint density at radius 2 is 1.94 bits per heavy atom. The molecule has 0 unspecified atom stereocenters. The van der Waals surface area contributed by atoms with Gasteiger partial charge in [0.25, 0.3) is 0 Å². The van der Waals surface area contributed by atoms with E-state index in [1.54, 1.807) is 0 Å². The highest BCUT2D eigenvalue weighted by Crippen LogP contribution is 2.34. The van der Waals surface area contributed by atoms with Crippen molar-refractivity contribution in [1.29, 1.82) is 0 Å². The Morgan fingerprint density at radius 3 is 2.50 bits per heavy atom. The molecule has 3 N–H and O–H groups in total. The molecule has 104 valence electrons. The molecule has 18 heavy (non-hydrogen) atoms. The van der Waals surface area contributed by atoms with E-state index in [0.717, 1.165) is 45.4 Å². The van der Waals surface area contributed by atoms with Crippen LogP contribution in [0.15, 0.2) is 0 Å². The number of amides is 1. The van der Waals surface area contributed by atoms with E-state index in [9.17, 15) is 4.79 Å². The van der Waals surface area contributed by atoms with Gasteiger partial charge in [0.15, 0.2) is 0 Å². The van der Waals surface area contributed by atoms with Gasteiger partial charge in [0.1, 0.15) is 0 Å². The minimum atomic E-state index is 0.158. The summed E-state index contributed by atoms with van der Waals surface area (Å²) in [4.78, 5) is 11.9. The first-order chi connectivity index (χ1) is 8.49. The van der Waals surface area contributed by atoms with Crippen LogP contribution in [0.5, 0.6) is 0 Å². The average Bonchev–Trinajstić information content (AvgIpc) is 2.33. The van der Waals surface area contributed by atoms with E-state index in [1.807, 2.05) is 0 Å². The van der Waals surface area contributed by atoms with Crippen molar-refractivity contribution in [1.82, 2.24) is 5.32 Å². The maximum Gasteiger partial charge on any atom is 0.223 e. The van der Waals surface area contributed by atoms with Crippen molar-refractivity contribution in [2.75, 3.05) is 19.8 Å². The molecule has 2 aliphatic rings. The number of hydrogen-bond acceptors (Lipinski definition) is 3. The fourth-order valence-corrected chi connectivity index (χ4v) is 2.96. The van der Waals surface area contributed by atoms with Crippen molar-refractivity contribution in [3.63, 3.8) is 0 Å². The Balaban J connectivity index is 1.75. The van der Waals surface area contributed by atoms with Crippen molar-refractivity contribution < 1.29 is 9.53 Å². The molecule has 0 aromatic rings. The van der Waals surface area contributed by atoms with Crippen LogP contribution in [0, 0.1) is 17.3 Å². The van der Waals surface area contributed by atoms with Crippen LogP contribution in [-0.2, 0) is 9.53 Å². The van der Waals surface area contributed by atoms with Crippen molar-refractivity contribution in [2.45, 2.75) is 45.6 Å². The zero-order valence-corrected chi connectivity index (χ0v) is 11.6. The first kappa shape index (κ1) is 13.8. The van der Waals surface area contributed by atoms with Crippen molar-refractivity contribution in [3.8, 4) is 0 Å². The lowest BCUT2D eigenvalue weighted by Gasteiger charge is -2.38. The summed E-state index contributed by atoms with van der Waals surface area (Å²) in [6, 6.07) is 0.240. The third kappa shape index (κ3) is 3.23. The van der Waals surface area contributed by atoms with Gasteiger partial charge in [-0.15, -0.1) is 0 Å². The highest BCUT2D eigenvalue weighted by molar-refractivity contribution is 5.79. The molecule has 1 saturated carbocycles. The Labute approximate surface area is 110 Å². The SMILES string of the molecule is CC(C)(CNC(=O)C1CC(N)C1)C1CCOCC1.